The molecule has 1 atom stereocenters. The minimum atomic E-state index is 0.261. The third-order valence-corrected chi connectivity index (χ3v) is 2.69. The van der Waals surface area contributed by atoms with Crippen LogP contribution in [0.4, 0.5) is 5.95 Å². The van der Waals surface area contributed by atoms with Crippen molar-refractivity contribution in [2.45, 2.75) is 25.8 Å². The maximum atomic E-state index is 5.69. The number of likely N-dealkylation sites (N-methyl/N-ethyl adjacent to an activating group) is 1. The minimum Gasteiger partial charge on any atom is -0.383 e. The first-order chi connectivity index (χ1) is 7.72. The molecule has 1 heterocycles. The van der Waals surface area contributed by atoms with Gasteiger partial charge in [-0.2, -0.15) is 0 Å². The Hall–Kier alpha value is -0.870. The van der Waals surface area contributed by atoms with Crippen molar-refractivity contribution in [1.29, 1.82) is 0 Å². The van der Waals surface area contributed by atoms with Gasteiger partial charge >= 0.3 is 0 Å². The number of rotatable bonds is 6. The van der Waals surface area contributed by atoms with Gasteiger partial charge in [0.25, 0.3) is 0 Å². The summed E-state index contributed by atoms with van der Waals surface area (Å²) in [5.74, 6) is 1.17. The molecular weight excluding hydrogens is 226 g/mol. The first-order valence-electron chi connectivity index (χ1n) is 5.35. The third kappa shape index (κ3) is 3.32. The van der Waals surface area contributed by atoms with Gasteiger partial charge in [0.2, 0.25) is 5.95 Å². The molecule has 0 aliphatic carbocycles. The first kappa shape index (κ1) is 13.2. The van der Waals surface area contributed by atoms with Gasteiger partial charge in [0.15, 0.2) is 0 Å². The van der Waals surface area contributed by atoms with Crippen LogP contribution in [-0.2, 0) is 10.6 Å². The number of methoxy groups -OCH3 is 1. The van der Waals surface area contributed by atoms with E-state index in [0.717, 1.165) is 18.1 Å². The molecule has 0 N–H and O–H groups in total. The van der Waals surface area contributed by atoms with Crippen LogP contribution in [0.15, 0.2) is 12.4 Å². The lowest BCUT2D eigenvalue weighted by molar-refractivity contribution is 0.181. The van der Waals surface area contributed by atoms with E-state index in [9.17, 15) is 0 Å². The van der Waals surface area contributed by atoms with E-state index in [1.807, 2.05) is 0 Å². The number of aromatic nitrogens is 2. The third-order valence-electron chi connectivity index (χ3n) is 2.38. The fourth-order valence-corrected chi connectivity index (χ4v) is 1.68. The van der Waals surface area contributed by atoms with E-state index < -0.39 is 0 Å². The minimum absolute atomic E-state index is 0.261. The smallest absolute Gasteiger partial charge is 0.225 e. The predicted molar refractivity (Wildman–Crippen MR) is 65.9 cm³/mol. The van der Waals surface area contributed by atoms with Gasteiger partial charge in [-0.25, -0.2) is 9.97 Å². The molecule has 90 valence electrons. The summed E-state index contributed by atoms with van der Waals surface area (Å²) in [6.07, 6.45) is 3.52. The standard InChI is InChI=1S/C11H18ClN3O/c1-4-15(9(2)8-16-3)11-13-6-10(5-12)7-14-11/h6-7,9H,4-5,8H2,1-3H3. The fraction of sp³-hybridized carbons (Fsp3) is 0.636. The lowest BCUT2D eigenvalue weighted by Crippen LogP contribution is -2.37. The van der Waals surface area contributed by atoms with Crippen molar-refractivity contribution in [2.24, 2.45) is 0 Å². The highest BCUT2D eigenvalue weighted by Gasteiger charge is 2.14. The van der Waals surface area contributed by atoms with Crippen LogP contribution in [0.2, 0.25) is 0 Å². The van der Waals surface area contributed by atoms with Gasteiger partial charge in [0.05, 0.1) is 18.5 Å². The highest BCUT2D eigenvalue weighted by molar-refractivity contribution is 6.17. The quantitative estimate of drug-likeness (QED) is 0.717. The zero-order valence-electron chi connectivity index (χ0n) is 9.98. The number of nitrogens with zero attached hydrogens (tertiary/aromatic N) is 3. The number of anilines is 1. The predicted octanol–water partition coefficient (Wildman–Crippen LogP) is 2.08. The summed E-state index contributed by atoms with van der Waals surface area (Å²) in [6.45, 7) is 5.68. The summed E-state index contributed by atoms with van der Waals surface area (Å²) >= 11 is 5.69. The van der Waals surface area contributed by atoms with E-state index in [0.29, 0.717) is 12.5 Å². The van der Waals surface area contributed by atoms with E-state index in [2.05, 4.69) is 28.7 Å². The molecule has 0 radical (unpaired) electrons. The zero-order chi connectivity index (χ0) is 12.0. The van der Waals surface area contributed by atoms with Crippen molar-refractivity contribution in [3.05, 3.63) is 18.0 Å². The van der Waals surface area contributed by atoms with Crippen molar-refractivity contribution < 1.29 is 4.74 Å². The van der Waals surface area contributed by atoms with Crippen molar-refractivity contribution >= 4 is 17.5 Å². The number of ether oxygens (including phenoxy) is 1. The van der Waals surface area contributed by atoms with E-state index >= 15 is 0 Å². The molecule has 0 aromatic carbocycles. The number of hydrogen-bond donors (Lipinski definition) is 0. The Morgan fingerprint density at radius 3 is 2.50 bits per heavy atom. The summed E-state index contributed by atoms with van der Waals surface area (Å²) in [7, 11) is 1.70. The van der Waals surface area contributed by atoms with Crippen molar-refractivity contribution in [3.63, 3.8) is 0 Å². The molecule has 0 amide bonds. The summed E-state index contributed by atoms with van der Waals surface area (Å²) in [5, 5.41) is 0. The highest BCUT2D eigenvalue weighted by atomic mass is 35.5. The molecule has 1 unspecified atom stereocenters. The average molecular weight is 244 g/mol. The second kappa shape index (κ2) is 6.66. The number of halogens is 1. The van der Waals surface area contributed by atoms with Crippen LogP contribution in [0.3, 0.4) is 0 Å². The molecule has 16 heavy (non-hydrogen) atoms. The molecule has 0 bridgehead atoms. The van der Waals surface area contributed by atoms with Gasteiger partial charge < -0.3 is 9.64 Å². The Balaban J connectivity index is 2.78. The maximum absolute atomic E-state index is 5.69. The van der Waals surface area contributed by atoms with E-state index in [-0.39, 0.29) is 6.04 Å². The molecule has 0 spiro atoms. The van der Waals surface area contributed by atoms with Gasteiger partial charge in [0.1, 0.15) is 0 Å². The van der Waals surface area contributed by atoms with E-state index in [4.69, 9.17) is 16.3 Å². The molecule has 4 nitrogen and oxygen atoms in total. The van der Waals surface area contributed by atoms with E-state index in [1.165, 1.54) is 0 Å². The fourth-order valence-electron chi connectivity index (χ4n) is 1.55. The van der Waals surface area contributed by atoms with Crippen LogP contribution in [0.1, 0.15) is 19.4 Å². The summed E-state index contributed by atoms with van der Waals surface area (Å²) in [6, 6.07) is 0.261. The molecule has 1 rings (SSSR count). The van der Waals surface area contributed by atoms with Crippen LogP contribution < -0.4 is 4.90 Å². The number of alkyl halides is 1. The summed E-state index contributed by atoms with van der Waals surface area (Å²) in [5.41, 5.74) is 0.931. The number of hydrogen-bond acceptors (Lipinski definition) is 4. The van der Waals surface area contributed by atoms with Gasteiger partial charge in [-0.15, -0.1) is 11.6 Å². The largest absolute Gasteiger partial charge is 0.383 e. The van der Waals surface area contributed by atoms with Gasteiger partial charge in [-0.3, -0.25) is 0 Å². The Morgan fingerprint density at radius 2 is 2.06 bits per heavy atom. The van der Waals surface area contributed by atoms with Gasteiger partial charge in [-0.05, 0) is 13.8 Å². The van der Waals surface area contributed by atoms with Crippen molar-refractivity contribution in [1.82, 2.24) is 9.97 Å². The molecule has 5 heteroatoms. The summed E-state index contributed by atoms with van der Waals surface area (Å²) in [4.78, 5) is 10.7. The van der Waals surface area contributed by atoms with Crippen LogP contribution in [0, 0.1) is 0 Å². The average Bonchev–Trinajstić information content (AvgIpc) is 2.31. The Kier molecular flexibility index (Phi) is 5.49. The van der Waals surface area contributed by atoms with Crippen LogP contribution in [0.5, 0.6) is 0 Å². The lowest BCUT2D eigenvalue weighted by Gasteiger charge is -2.27. The van der Waals surface area contributed by atoms with Gasteiger partial charge in [-0.1, -0.05) is 0 Å². The molecule has 0 saturated carbocycles. The van der Waals surface area contributed by atoms with Gasteiger partial charge in [0, 0.05) is 31.6 Å². The Labute approximate surface area is 102 Å². The topological polar surface area (TPSA) is 38.2 Å². The molecule has 1 aromatic heterocycles. The SMILES string of the molecule is CCN(c1ncc(CCl)cn1)C(C)COC. The van der Waals surface area contributed by atoms with Crippen molar-refractivity contribution in [2.75, 3.05) is 25.2 Å². The monoisotopic (exact) mass is 243 g/mol. The first-order valence-corrected chi connectivity index (χ1v) is 5.88. The molecule has 1 aromatic rings. The van der Waals surface area contributed by atoms with Crippen LogP contribution in [-0.4, -0.2) is 36.3 Å². The Bertz CT molecular complexity index is 305. The molecule has 0 fully saturated rings. The molecule has 0 saturated heterocycles. The zero-order valence-corrected chi connectivity index (χ0v) is 10.7. The molecule has 0 aliphatic heterocycles. The summed E-state index contributed by atoms with van der Waals surface area (Å²) < 4.78 is 5.13. The molecule has 0 aliphatic rings. The normalized spacial score (nSPS) is 12.5. The van der Waals surface area contributed by atoms with Crippen LogP contribution in [0.25, 0.3) is 0 Å². The van der Waals surface area contributed by atoms with Crippen molar-refractivity contribution in [3.8, 4) is 0 Å². The van der Waals surface area contributed by atoms with E-state index in [1.54, 1.807) is 19.5 Å². The second-order valence-corrected chi connectivity index (χ2v) is 3.88. The van der Waals surface area contributed by atoms with Crippen LogP contribution >= 0.6 is 11.6 Å². The maximum Gasteiger partial charge on any atom is 0.225 e. The second-order valence-electron chi connectivity index (χ2n) is 3.62. The lowest BCUT2D eigenvalue weighted by atomic mass is 10.3. The molecular formula is C11H18ClN3O. The Morgan fingerprint density at radius 1 is 1.44 bits per heavy atom. The highest BCUT2D eigenvalue weighted by Crippen LogP contribution is 2.11.